The van der Waals surface area contributed by atoms with Crippen molar-refractivity contribution in [3.63, 3.8) is 0 Å². The van der Waals surface area contributed by atoms with Gasteiger partial charge >= 0.3 is 12.1 Å². The molecule has 1 N–H and O–H groups in total. The molecule has 0 saturated carbocycles. The first kappa shape index (κ1) is 23.9. The van der Waals surface area contributed by atoms with Gasteiger partial charge in [-0.3, -0.25) is 10.2 Å². The topological polar surface area (TPSA) is 80.3 Å². The molecule has 1 saturated heterocycles. The third kappa shape index (κ3) is 6.03. The lowest BCUT2D eigenvalue weighted by molar-refractivity contribution is 0.155. The Morgan fingerprint density at radius 2 is 1.69 bits per heavy atom. The molecule has 0 atom stereocenters. The minimum absolute atomic E-state index is 0.117. The van der Waals surface area contributed by atoms with Crippen molar-refractivity contribution in [3.05, 3.63) is 83.9 Å². The van der Waals surface area contributed by atoms with Crippen LogP contribution in [0.2, 0.25) is 0 Å². The first-order chi connectivity index (χ1) is 17.1. The molecule has 0 aliphatic carbocycles. The third-order valence-corrected chi connectivity index (χ3v) is 5.77. The molecular formula is C27H29N3O5. The third-order valence-electron chi connectivity index (χ3n) is 5.77. The Kier molecular flexibility index (Phi) is 7.72. The van der Waals surface area contributed by atoms with Crippen LogP contribution in [0, 0.1) is 0 Å². The summed E-state index contributed by atoms with van der Waals surface area (Å²) in [6.07, 6.45) is 0.234. The molecule has 0 spiro atoms. The first-order valence-electron chi connectivity index (χ1n) is 11.4. The lowest BCUT2D eigenvalue weighted by Crippen LogP contribution is -2.49. The average molecular weight is 476 g/mol. The highest BCUT2D eigenvalue weighted by Gasteiger charge is 2.29. The number of benzene rings is 3. The van der Waals surface area contributed by atoms with Crippen LogP contribution in [0.3, 0.4) is 0 Å². The van der Waals surface area contributed by atoms with Gasteiger partial charge in [0.2, 0.25) is 0 Å². The normalized spacial score (nSPS) is 13.4. The number of urea groups is 1. The van der Waals surface area contributed by atoms with Crippen molar-refractivity contribution in [1.29, 1.82) is 0 Å². The van der Waals surface area contributed by atoms with Crippen LogP contribution in [-0.2, 0) is 17.9 Å². The van der Waals surface area contributed by atoms with Crippen molar-refractivity contribution in [2.45, 2.75) is 19.6 Å². The molecule has 3 amide bonds. The zero-order valence-electron chi connectivity index (χ0n) is 19.9. The summed E-state index contributed by atoms with van der Waals surface area (Å²) in [4.78, 5) is 29.2. The van der Waals surface area contributed by atoms with E-state index < -0.39 is 6.09 Å². The molecule has 0 unspecified atom stereocenters. The molecule has 8 heteroatoms. The van der Waals surface area contributed by atoms with Crippen LogP contribution in [0.1, 0.15) is 17.5 Å². The summed E-state index contributed by atoms with van der Waals surface area (Å²) in [6.45, 7) is 1.87. The second-order valence-corrected chi connectivity index (χ2v) is 8.13. The van der Waals surface area contributed by atoms with Gasteiger partial charge in [-0.2, -0.15) is 0 Å². The first-order valence-corrected chi connectivity index (χ1v) is 11.4. The van der Waals surface area contributed by atoms with Crippen molar-refractivity contribution < 1.29 is 23.8 Å². The Bertz CT molecular complexity index is 1150. The fourth-order valence-corrected chi connectivity index (χ4v) is 3.96. The molecule has 1 aliphatic rings. The number of anilines is 2. The van der Waals surface area contributed by atoms with Gasteiger partial charge in [0.05, 0.1) is 19.9 Å². The van der Waals surface area contributed by atoms with E-state index in [-0.39, 0.29) is 12.6 Å². The zero-order chi connectivity index (χ0) is 24.6. The minimum atomic E-state index is -0.573. The standard InChI is InChI=1S/C27H29N3O5/c1-33-23-12-9-20(10-13-23)18-29-15-6-16-30(27(29)32)24-17-22(11-14-25(24)34-2)28-26(31)35-19-21-7-4-3-5-8-21/h3-5,7-14,17H,6,15-16,18-19H2,1-2H3,(H,28,31). The minimum Gasteiger partial charge on any atom is -0.497 e. The molecule has 0 bridgehead atoms. The van der Waals surface area contributed by atoms with E-state index in [9.17, 15) is 9.59 Å². The molecule has 1 aliphatic heterocycles. The lowest BCUT2D eigenvalue weighted by atomic mass is 10.1. The highest BCUT2D eigenvalue weighted by Crippen LogP contribution is 2.34. The number of ether oxygens (including phenoxy) is 3. The molecule has 3 aromatic rings. The molecular weight excluding hydrogens is 446 g/mol. The quantitative estimate of drug-likeness (QED) is 0.479. The Morgan fingerprint density at radius 3 is 2.40 bits per heavy atom. The van der Waals surface area contributed by atoms with Gasteiger partial charge in [-0.05, 0) is 47.9 Å². The van der Waals surface area contributed by atoms with Gasteiger partial charge in [0.15, 0.2) is 0 Å². The van der Waals surface area contributed by atoms with Crippen LogP contribution in [0.5, 0.6) is 11.5 Å². The second kappa shape index (κ2) is 11.3. The van der Waals surface area contributed by atoms with Crippen LogP contribution < -0.4 is 19.7 Å². The molecule has 0 aromatic heterocycles. The largest absolute Gasteiger partial charge is 0.497 e. The molecule has 1 heterocycles. The van der Waals surface area contributed by atoms with Crippen molar-refractivity contribution in [3.8, 4) is 11.5 Å². The van der Waals surface area contributed by atoms with Crippen molar-refractivity contribution in [2.24, 2.45) is 0 Å². The van der Waals surface area contributed by atoms with Gasteiger partial charge in [-0.1, -0.05) is 42.5 Å². The van der Waals surface area contributed by atoms with Crippen LogP contribution in [-0.4, -0.2) is 44.3 Å². The predicted molar refractivity (Wildman–Crippen MR) is 134 cm³/mol. The fraction of sp³-hybridized carbons (Fsp3) is 0.259. The van der Waals surface area contributed by atoms with E-state index in [4.69, 9.17) is 14.2 Å². The Balaban J connectivity index is 1.45. The maximum absolute atomic E-state index is 13.4. The monoisotopic (exact) mass is 475 g/mol. The average Bonchev–Trinajstić information content (AvgIpc) is 2.90. The van der Waals surface area contributed by atoms with Gasteiger partial charge < -0.3 is 19.1 Å². The molecule has 0 radical (unpaired) electrons. The number of carbonyl (C=O) groups excluding carboxylic acids is 2. The molecule has 1 fully saturated rings. The lowest BCUT2D eigenvalue weighted by Gasteiger charge is -2.36. The van der Waals surface area contributed by atoms with E-state index in [0.29, 0.717) is 36.8 Å². The summed E-state index contributed by atoms with van der Waals surface area (Å²) in [5.74, 6) is 1.32. The highest BCUT2D eigenvalue weighted by molar-refractivity contribution is 5.96. The highest BCUT2D eigenvalue weighted by atomic mass is 16.5. The number of nitrogens with zero attached hydrogens (tertiary/aromatic N) is 2. The van der Waals surface area contributed by atoms with E-state index in [1.165, 1.54) is 0 Å². The van der Waals surface area contributed by atoms with E-state index >= 15 is 0 Å². The SMILES string of the molecule is COc1ccc(CN2CCCN(c3cc(NC(=O)OCc4ccccc4)ccc3OC)C2=O)cc1. The van der Waals surface area contributed by atoms with Crippen molar-refractivity contribution >= 4 is 23.5 Å². The summed E-state index contributed by atoms with van der Waals surface area (Å²) in [5, 5.41) is 2.74. The van der Waals surface area contributed by atoms with E-state index in [0.717, 1.165) is 23.3 Å². The van der Waals surface area contributed by atoms with E-state index in [1.54, 1.807) is 42.2 Å². The molecule has 182 valence electrons. The maximum atomic E-state index is 13.4. The van der Waals surface area contributed by atoms with E-state index in [2.05, 4.69) is 5.32 Å². The predicted octanol–water partition coefficient (Wildman–Crippen LogP) is 5.28. The van der Waals surface area contributed by atoms with Gasteiger partial charge in [0.25, 0.3) is 0 Å². The number of hydrogen-bond acceptors (Lipinski definition) is 5. The zero-order valence-corrected chi connectivity index (χ0v) is 19.9. The number of hydrogen-bond donors (Lipinski definition) is 1. The Morgan fingerprint density at radius 1 is 0.914 bits per heavy atom. The van der Waals surface area contributed by atoms with Crippen LogP contribution >= 0.6 is 0 Å². The van der Waals surface area contributed by atoms with Crippen LogP contribution in [0.15, 0.2) is 72.8 Å². The number of rotatable bonds is 8. The van der Waals surface area contributed by atoms with E-state index in [1.807, 2.05) is 54.6 Å². The molecule has 8 nitrogen and oxygen atoms in total. The smallest absolute Gasteiger partial charge is 0.411 e. The Labute approximate surface area is 205 Å². The van der Waals surface area contributed by atoms with Gasteiger partial charge in [0.1, 0.15) is 18.1 Å². The Hall–Kier alpha value is -4.20. The summed E-state index contributed by atoms with van der Waals surface area (Å²) in [7, 11) is 3.18. The summed E-state index contributed by atoms with van der Waals surface area (Å²) in [5.41, 5.74) is 3.02. The van der Waals surface area contributed by atoms with Gasteiger partial charge in [-0.25, -0.2) is 9.59 Å². The second-order valence-electron chi connectivity index (χ2n) is 8.13. The summed E-state index contributed by atoms with van der Waals surface area (Å²) < 4.78 is 16.1. The molecule has 3 aromatic carbocycles. The maximum Gasteiger partial charge on any atom is 0.411 e. The number of carbonyl (C=O) groups is 2. The summed E-state index contributed by atoms with van der Waals surface area (Å²) >= 11 is 0. The van der Waals surface area contributed by atoms with Gasteiger partial charge in [-0.15, -0.1) is 0 Å². The van der Waals surface area contributed by atoms with Crippen LogP contribution in [0.4, 0.5) is 21.0 Å². The van der Waals surface area contributed by atoms with Crippen LogP contribution in [0.25, 0.3) is 0 Å². The van der Waals surface area contributed by atoms with Crippen molar-refractivity contribution in [2.75, 3.05) is 37.5 Å². The fourth-order valence-electron chi connectivity index (χ4n) is 3.96. The summed E-state index contributed by atoms with van der Waals surface area (Å²) in [6, 6.07) is 22.2. The number of methoxy groups -OCH3 is 2. The molecule has 35 heavy (non-hydrogen) atoms. The molecule has 4 rings (SSSR count). The number of amides is 3. The van der Waals surface area contributed by atoms with Crippen molar-refractivity contribution in [1.82, 2.24) is 4.90 Å². The number of nitrogens with one attached hydrogen (secondary N) is 1. The van der Waals surface area contributed by atoms with Gasteiger partial charge in [0, 0.05) is 25.3 Å².